The van der Waals surface area contributed by atoms with Gasteiger partial charge in [0.25, 0.3) is 0 Å². The van der Waals surface area contributed by atoms with Crippen molar-refractivity contribution in [2.75, 3.05) is 67.5 Å². The highest BCUT2D eigenvalue weighted by atomic mass is 16.2. The van der Waals surface area contributed by atoms with Crippen molar-refractivity contribution in [1.29, 1.82) is 10.5 Å². The summed E-state index contributed by atoms with van der Waals surface area (Å²) in [5.41, 5.74) is 5.01. The zero-order chi connectivity index (χ0) is 37.0. The van der Waals surface area contributed by atoms with Gasteiger partial charge >= 0.3 is 6.03 Å². The van der Waals surface area contributed by atoms with Gasteiger partial charge in [-0.15, -0.1) is 0 Å². The van der Waals surface area contributed by atoms with Gasteiger partial charge in [0.1, 0.15) is 23.8 Å². The Labute approximate surface area is 305 Å². The lowest BCUT2D eigenvalue weighted by molar-refractivity contribution is -0.130. The third kappa shape index (κ3) is 10.0. The molecule has 2 saturated heterocycles. The van der Waals surface area contributed by atoms with Gasteiger partial charge in [-0.25, -0.2) is 24.7 Å². The number of anilines is 3. The molecule has 0 aliphatic carbocycles. The maximum absolute atomic E-state index is 12.6. The Bertz CT molecular complexity index is 1710. The summed E-state index contributed by atoms with van der Waals surface area (Å²) in [5.74, 6) is 2.61. The first-order valence-electron chi connectivity index (χ1n) is 17.6. The van der Waals surface area contributed by atoms with Crippen molar-refractivity contribution in [3.8, 4) is 12.1 Å². The normalized spacial score (nSPS) is 14.3. The fourth-order valence-corrected chi connectivity index (χ4v) is 5.87. The Kier molecular flexibility index (Phi) is 12.7. The van der Waals surface area contributed by atoms with Gasteiger partial charge in [-0.1, -0.05) is 64.1 Å². The van der Waals surface area contributed by atoms with Gasteiger partial charge in [0.2, 0.25) is 5.91 Å². The van der Waals surface area contributed by atoms with Gasteiger partial charge in [0, 0.05) is 58.0 Å². The van der Waals surface area contributed by atoms with Crippen LogP contribution in [0.1, 0.15) is 67.6 Å². The fraction of sp³-hybridized carbons (Fsp3) is 0.385. The number of hydrogen-bond acceptors (Lipinski definition) is 10. The van der Waals surface area contributed by atoms with Crippen molar-refractivity contribution in [1.82, 2.24) is 29.7 Å². The minimum absolute atomic E-state index is 0.0899. The molecule has 4 heterocycles. The SMILES string of the molecule is CC(C)c1ccc(CC(=O)N2CCN(c3cnc(C#N)cn3)CC2)cc1.CC(C)c1ccc(NC(=O)N2CCN(c3cnc(C#N)cn3)CC2)cc1. The van der Waals surface area contributed by atoms with Gasteiger partial charge < -0.3 is 24.9 Å². The van der Waals surface area contributed by atoms with E-state index in [0.717, 1.165) is 36.0 Å². The van der Waals surface area contributed by atoms with E-state index in [1.165, 1.54) is 23.5 Å². The summed E-state index contributed by atoms with van der Waals surface area (Å²) in [6, 6.07) is 20.1. The Balaban J connectivity index is 0.000000201. The molecular weight excluding hydrogens is 655 g/mol. The first-order valence-corrected chi connectivity index (χ1v) is 17.6. The average Bonchev–Trinajstić information content (AvgIpc) is 3.18. The van der Waals surface area contributed by atoms with Crippen molar-refractivity contribution in [3.05, 3.63) is 101 Å². The van der Waals surface area contributed by atoms with Crippen molar-refractivity contribution in [2.45, 2.75) is 46.0 Å². The molecule has 0 bridgehead atoms. The van der Waals surface area contributed by atoms with Crippen molar-refractivity contribution >= 4 is 29.3 Å². The molecule has 0 spiro atoms. The number of carbonyl (C=O) groups is 2. The Morgan fingerprint density at radius 1 is 0.635 bits per heavy atom. The largest absolute Gasteiger partial charge is 0.352 e. The predicted octanol–water partition coefficient (Wildman–Crippen LogP) is 5.19. The van der Waals surface area contributed by atoms with Gasteiger partial charge in [-0.3, -0.25) is 4.79 Å². The summed E-state index contributed by atoms with van der Waals surface area (Å²) in [6.07, 6.45) is 6.61. The third-order valence-electron chi connectivity index (χ3n) is 9.18. The molecule has 52 heavy (non-hydrogen) atoms. The molecular formula is C39H45N11O2. The van der Waals surface area contributed by atoms with Crippen LogP contribution in [0.3, 0.4) is 0 Å². The number of carbonyl (C=O) groups excluding carboxylic acids is 2. The number of nitriles is 2. The lowest BCUT2D eigenvalue weighted by Gasteiger charge is -2.35. The summed E-state index contributed by atoms with van der Waals surface area (Å²) in [4.78, 5) is 49.5. The molecule has 2 aromatic carbocycles. The molecule has 2 aromatic heterocycles. The molecule has 0 saturated carbocycles. The van der Waals surface area contributed by atoms with Crippen LogP contribution in [0.4, 0.5) is 22.1 Å². The first kappa shape index (κ1) is 37.2. The number of benzene rings is 2. The van der Waals surface area contributed by atoms with Crippen molar-refractivity contribution < 1.29 is 9.59 Å². The number of rotatable bonds is 7. The second kappa shape index (κ2) is 17.7. The van der Waals surface area contributed by atoms with Crippen LogP contribution < -0.4 is 15.1 Å². The summed E-state index contributed by atoms with van der Waals surface area (Å²) in [6.45, 7) is 14.0. The van der Waals surface area contributed by atoms with E-state index in [4.69, 9.17) is 10.5 Å². The Morgan fingerprint density at radius 2 is 1.08 bits per heavy atom. The topological polar surface area (TPSA) is 158 Å². The van der Waals surface area contributed by atoms with Gasteiger partial charge in [0.05, 0.1) is 31.2 Å². The summed E-state index contributed by atoms with van der Waals surface area (Å²) in [5, 5.41) is 20.5. The second-order valence-corrected chi connectivity index (χ2v) is 13.4. The number of hydrogen-bond donors (Lipinski definition) is 1. The molecule has 0 atom stereocenters. The number of nitrogens with zero attached hydrogens (tertiary/aromatic N) is 10. The van der Waals surface area contributed by atoms with E-state index in [1.54, 1.807) is 17.3 Å². The van der Waals surface area contributed by atoms with E-state index in [-0.39, 0.29) is 11.9 Å². The van der Waals surface area contributed by atoms with E-state index in [0.29, 0.717) is 68.9 Å². The monoisotopic (exact) mass is 699 g/mol. The molecule has 3 amide bonds. The van der Waals surface area contributed by atoms with E-state index < -0.39 is 0 Å². The summed E-state index contributed by atoms with van der Waals surface area (Å²) >= 11 is 0. The minimum Gasteiger partial charge on any atom is -0.352 e. The molecule has 4 aromatic rings. The highest BCUT2D eigenvalue weighted by Crippen LogP contribution is 2.19. The number of nitrogens with one attached hydrogen (secondary N) is 1. The second-order valence-electron chi connectivity index (χ2n) is 13.4. The molecule has 13 nitrogen and oxygen atoms in total. The summed E-state index contributed by atoms with van der Waals surface area (Å²) in [7, 11) is 0. The Hall–Kier alpha value is -6.08. The van der Waals surface area contributed by atoms with Crippen LogP contribution in [0.25, 0.3) is 0 Å². The minimum atomic E-state index is -0.0899. The smallest absolute Gasteiger partial charge is 0.321 e. The van der Waals surface area contributed by atoms with Crippen LogP contribution >= 0.6 is 0 Å². The highest BCUT2D eigenvalue weighted by Gasteiger charge is 2.23. The first-order chi connectivity index (χ1) is 25.1. The molecule has 2 aliphatic heterocycles. The maximum Gasteiger partial charge on any atom is 0.321 e. The zero-order valence-corrected chi connectivity index (χ0v) is 30.2. The van der Waals surface area contributed by atoms with Crippen molar-refractivity contribution in [2.24, 2.45) is 0 Å². The molecule has 0 radical (unpaired) electrons. The van der Waals surface area contributed by atoms with Crippen LogP contribution in [-0.4, -0.2) is 94.0 Å². The zero-order valence-electron chi connectivity index (χ0n) is 30.2. The lowest BCUT2D eigenvalue weighted by Crippen LogP contribution is -2.50. The quantitative estimate of drug-likeness (QED) is 0.272. The van der Waals surface area contributed by atoms with E-state index >= 15 is 0 Å². The standard InChI is InChI=1S/C20H23N5O.C19H22N6O/c1-15(2)17-5-3-16(4-6-17)11-20(26)25-9-7-24(8-10-25)19-14-22-18(12-21)13-23-19;1-14(2)15-3-5-16(6-4-15)23-19(26)25-9-7-24(8-10-25)18-13-21-17(11-20)12-22-18/h3-6,13-15H,7-11H2,1-2H3;3-6,12-14H,7-10H2,1-2H3,(H,23,26). The Morgan fingerprint density at radius 3 is 1.48 bits per heavy atom. The van der Waals surface area contributed by atoms with E-state index in [2.05, 4.69) is 87.0 Å². The van der Waals surface area contributed by atoms with Crippen LogP contribution in [-0.2, 0) is 11.2 Å². The van der Waals surface area contributed by atoms with Crippen molar-refractivity contribution in [3.63, 3.8) is 0 Å². The average molecular weight is 700 g/mol. The lowest BCUT2D eigenvalue weighted by atomic mass is 10.0. The maximum atomic E-state index is 12.6. The molecule has 13 heteroatoms. The number of piperazine rings is 2. The molecule has 0 unspecified atom stereocenters. The molecule has 6 rings (SSSR count). The molecule has 2 aliphatic rings. The number of aromatic nitrogens is 4. The van der Waals surface area contributed by atoms with Gasteiger partial charge in [-0.05, 0) is 40.7 Å². The third-order valence-corrected chi connectivity index (χ3v) is 9.18. The van der Waals surface area contributed by atoms with E-state index in [1.807, 2.05) is 41.3 Å². The molecule has 268 valence electrons. The highest BCUT2D eigenvalue weighted by molar-refractivity contribution is 5.89. The van der Waals surface area contributed by atoms with E-state index in [9.17, 15) is 9.59 Å². The molecule has 2 fully saturated rings. The van der Waals surface area contributed by atoms with Gasteiger partial charge in [0.15, 0.2) is 11.4 Å². The number of urea groups is 1. The predicted molar refractivity (Wildman–Crippen MR) is 200 cm³/mol. The summed E-state index contributed by atoms with van der Waals surface area (Å²) < 4.78 is 0. The van der Waals surface area contributed by atoms with Crippen LogP contribution in [0, 0.1) is 22.7 Å². The van der Waals surface area contributed by atoms with Gasteiger partial charge in [-0.2, -0.15) is 10.5 Å². The van der Waals surface area contributed by atoms with Crippen LogP contribution in [0.2, 0.25) is 0 Å². The number of amides is 3. The van der Waals surface area contributed by atoms with Crippen LogP contribution in [0.15, 0.2) is 73.3 Å². The fourth-order valence-electron chi connectivity index (χ4n) is 5.87. The molecule has 1 N–H and O–H groups in total. The van der Waals surface area contributed by atoms with Crippen LogP contribution in [0.5, 0.6) is 0 Å².